The zero-order valence-electron chi connectivity index (χ0n) is 11.0. The first-order valence-electron chi connectivity index (χ1n) is 6.30. The van der Waals surface area contributed by atoms with Crippen molar-refractivity contribution in [2.45, 2.75) is 6.92 Å². The van der Waals surface area contributed by atoms with E-state index in [0.717, 1.165) is 5.39 Å². The molecule has 2 rings (SSSR count). The van der Waals surface area contributed by atoms with E-state index in [0.29, 0.717) is 24.0 Å². The van der Waals surface area contributed by atoms with E-state index in [2.05, 4.69) is 6.58 Å². The van der Waals surface area contributed by atoms with Crippen LogP contribution < -0.4 is 0 Å². The van der Waals surface area contributed by atoms with Crippen molar-refractivity contribution in [1.82, 2.24) is 4.90 Å². The molecule has 0 fully saturated rings. The molecule has 2 aromatic carbocycles. The van der Waals surface area contributed by atoms with E-state index in [1.54, 1.807) is 17.0 Å². The molecular weight excluding hydrogens is 238 g/mol. The van der Waals surface area contributed by atoms with Crippen LogP contribution >= 0.6 is 0 Å². The molecule has 19 heavy (non-hydrogen) atoms. The minimum absolute atomic E-state index is 0.0469. The number of benzene rings is 2. The summed E-state index contributed by atoms with van der Waals surface area (Å²) < 4.78 is 0. The van der Waals surface area contributed by atoms with Gasteiger partial charge in [0.1, 0.15) is 5.75 Å². The molecule has 0 spiro atoms. The second-order valence-corrected chi connectivity index (χ2v) is 4.32. The smallest absolute Gasteiger partial charge is 0.257 e. The van der Waals surface area contributed by atoms with Crippen LogP contribution in [-0.4, -0.2) is 29.0 Å². The summed E-state index contributed by atoms with van der Waals surface area (Å²) in [7, 11) is 0. The third-order valence-electron chi connectivity index (χ3n) is 3.15. The molecule has 0 radical (unpaired) electrons. The number of fused-ring (bicyclic) bond motifs is 1. The monoisotopic (exact) mass is 255 g/mol. The van der Waals surface area contributed by atoms with Gasteiger partial charge in [0.25, 0.3) is 5.91 Å². The van der Waals surface area contributed by atoms with Crippen molar-refractivity contribution in [3.05, 3.63) is 54.6 Å². The quantitative estimate of drug-likeness (QED) is 0.852. The first-order valence-corrected chi connectivity index (χ1v) is 6.30. The number of likely N-dealkylation sites (N-methyl/N-ethyl adjacent to an activating group) is 1. The summed E-state index contributed by atoms with van der Waals surface area (Å²) in [5.41, 5.74) is 0.336. The number of carbonyl (C=O) groups excluding carboxylic acids is 1. The highest BCUT2D eigenvalue weighted by molar-refractivity contribution is 6.03. The highest BCUT2D eigenvalue weighted by Crippen LogP contribution is 2.29. The maximum absolute atomic E-state index is 12.3. The molecule has 0 aliphatic carbocycles. The molecule has 0 aromatic heterocycles. The zero-order chi connectivity index (χ0) is 13.8. The second kappa shape index (κ2) is 5.57. The molecule has 3 heteroatoms. The average molecular weight is 255 g/mol. The molecule has 98 valence electrons. The molecule has 0 aliphatic heterocycles. The summed E-state index contributed by atoms with van der Waals surface area (Å²) in [6, 6.07) is 11.0. The number of aromatic hydroxyl groups is 1. The number of amides is 1. The van der Waals surface area contributed by atoms with Gasteiger partial charge in [0.15, 0.2) is 0 Å². The first kappa shape index (κ1) is 13.1. The van der Waals surface area contributed by atoms with Crippen molar-refractivity contribution in [1.29, 1.82) is 0 Å². The number of phenolic OH excluding ortho intramolecular Hbond substituents is 1. The molecule has 0 heterocycles. The van der Waals surface area contributed by atoms with Crippen LogP contribution in [0.5, 0.6) is 5.75 Å². The fraction of sp³-hybridized carbons (Fsp3) is 0.188. The van der Waals surface area contributed by atoms with Crippen molar-refractivity contribution < 1.29 is 9.90 Å². The summed E-state index contributed by atoms with van der Waals surface area (Å²) in [6.07, 6.45) is 1.68. The van der Waals surface area contributed by atoms with Gasteiger partial charge in [-0.3, -0.25) is 4.79 Å². The Balaban J connectivity index is 2.47. The Hall–Kier alpha value is -2.29. The molecular formula is C16H17NO2. The van der Waals surface area contributed by atoms with Gasteiger partial charge in [0.2, 0.25) is 0 Å². The third kappa shape index (κ3) is 2.45. The topological polar surface area (TPSA) is 40.5 Å². The van der Waals surface area contributed by atoms with Gasteiger partial charge >= 0.3 is 0 Å². The second-order valence-electron chi connectivity index (χ2n) is 4.32. The number of nitrogens with zero attached hydrogens (tertiary/aromatic N) is 1. The van der Waals surface area contributed by atoms with E-state index in [9.17, 15) is 9.90 Å². The number of phenols is 1. The average Bonchev–Trinajstić information content (AvgIpc) is 2.45. The highest BCUT2D eigenvalue weighted by atomic mass is 16.3. The van der Waals surface area contributed by atoms with Gasteiger partial charge in [-0.05, 0) is 18.4 Å². The number of hydrogen-bond acceptors (Lipinski definition) is 2. The third-order valence-corrected chi connectivity index (χ3v) is 3.15. The summed E-state index contributed by atoms with van der Waals surface area (Å²) in [4.78, 5) is 14.0. The summed E-state index contributed by atoms with van der Waals surface area (Å²) >= 11 is 0. The van der Waals surface area contributed by atoms with Crippen LogP contribution in [0.15, 0.2) is 49.1 Å². The summed E-state index contributed by atoms with van der Waals surface area (Å²) in [6.45, 7) is 6.60. The normalized spacial score (nSPS) is 10.4. The predicted molar refractivity (Wildman–Crippen MR) is 77.4 cm³/mol. The summed E-state index contributed by atoms with van der Waals surface area (Å²) in [5, 5.41) is 11.9. The van der Waals surface area contributed by atoms with Crippen molar-refractivity contribution in [3.63, 3.8) is 0 Å². The molecule has 0 bridgehead atoms. The molecule has 1 N–H and O–H groups in total. The van der Waals surface area contributed by atoms with E-state index in [1.165, 1.54) is 0 Å². The maximum Gasteiger partial charge on any atom is 0.257 e. The Morgan fingerprint density at radius 1 is 1.32 bits per heavy atom. The molecule has 1 amide bonds. The Morgan fingerprint density at radius 2 is 2.05 bits per heavy atom. The minimum Gasteiger partial charge on any atom is -0.506 e. The van der Waals surface area contributed by atoms with Crippen molar-refractivity contribution in [2.24, 2.45) is 0 Å². The standard InChI is InChI=1S/C16H17NO2/c1-3-11-17(4-2)16(19)14-10-9-12-7-5-6-8-13(12)15(14)18/h3,5-10,18H,1,4,11H2,2H3. The lowest BCUT2D eigenvalue weighted by molar-refractivity contribution is 0.0779. The van der Waals surface area contributed by atoms with Crippen molar-refractivity contribution in [3.8, 4) is 5.75 Å². The lowest BCUT2D eigenvalue weighted by Crippen LogP contribution is -2.30. The first-order chi connectivity index (χ1) is 9.19. The fourth-order valence-corrected chi connectivity index (χ4v) is 2.11. The molecule has 0 saturated carbocycles. The largest absolute Gasteiger partial charge is 0.506 e. The Kier molecular flexibility index (Phi) is 3.85. The van der Waals surface area contributed by atoms with E-state index < -0.39 is 0 Å². The van der Waals surface area contributed by atoms with Gasteiger partial charge < -0.3 is 10.0 Å². The van der Waals surface area contributed by atoms with E-state index in [-0.39, 0.29) is 11.7 Å². The number of carbonyl (C=O) groups is 1. The van der Waals surface area contributed by atoms with Gasteiger partial charge in [-0.15, -0.1) is 6.58 Å². The van der Waals surface area contributed by atoms with Gasteiger partial charge in [-0.1, -0.05) is 36.4 Å². The molecule has 0 unspecified atom stereocenters. The van der Waals surface area contributed by atoms with Gasteiger partial charge in [-0.2, -0.15) is 0 Å². The van der Waals surface area contributed by atoms with E-state index in [1.807, 2.05) is 37.3 Å². The van der Waals surface area contributed by atoms with Crippen LogP contribution in [0.1, 0.15) is 17.3 Å². The van der Waals surface area contributed by atoms with Crippen LogP contribution in [0.2, 0.25) is 0 Å². The molecule has 0 aliphatic rings. The van der Waals surface area contributed by atoms with Crippen LogP contribution in [0.3, 0.4) is 0 Å². The van der Waals surface area contributed by atoms with Crippen LogP contribution in [-0.2, 0) is 0 Å². The molecule has 3 nitrogen and oxygen atoms in total. The van der Waals surface area contributed by atoms with Crippen LogP contribution in [0.4, 0.5) is 0 Å². The minimum atomic E-state index is -0.175. The van der Waals surface area contributed by atoms with Crippen LogP contribution in [0, 0.1) is 0 Å². The van der Waals surface area contributed by atoms with E-state index in [4.69, 9.17) is 0 Å². The maximum atomic E-state index is 12.3. The number of rotatable bonds is 4. The Labute approximate surface area is 112 Å². The Morgan fingerprint density at radius 3 is 2.74 bits per heavy atom. The Bertz CT molecular complexity index is 619. The predicted octanol–water partition coefficient (Wildman–Crippen LogP) is 3.19. The summed E-state index contributed by atoms with van der Waals surface area (Å²) in [5.74, 6) is -0.128. The van der Waals surface area contributed by atoms with Crippen molar-refractivity contribution in [2.75, 3.05) is 13.1 Å². The van der Waals surface area contributed by atoms with Crippen molar-refractivity contribution >= 4 is 16.7 Å². The van der Waals surface area contributed by atoms with Gasteiger partial charge in [0.05, 0.1) is 5.56 Å². The lowest BCUT2D eigenvalue weighted by atomic mass is 10.0. The number of hydrogen-bond donors (Lipinski definition) is 1. The van der Waals surface area contributed by atoms with E-state index >= 15 is 0 Å². The fourth-order valence-electron chi connectivity index (χ4n) is 2.11. The lowest BCUT2D eigenvalue weighted by Gasteiger charge is -2.20. The molecule has 0 atom stereocenters. The van der Waals surface area contributed by atoms with Crippen LogP contribution in [0.25, 0.3) is 10.8 Å². The van der Waals surface area contributed by atoms with Gasteiger partial charge in [-0.25, -0.2) is 0 Å². The molecule has 0 saturated heterocycles. The highest BCUT2D eigenvalue weighted by Gasteiger charge is 2.18. The zero-order valence-corrected chi connectivity index (χ0v) is 11.0. The molecule has 2 aromatic rings. The van der Waals surface area contributed by atoms with Gasteiger partial charge in [0, 0.05) is 18.5 Å². The SMILES string of the molecule is C=CCN(CC)C(=O)c1ccc2ccccc2c1O.